The average Bonchev–Trinajstić information content (AvgIpc) is 2.65. The Kier molecular flexibility index (Phi) is 9.32. The summed E-state index contributed by atoms with van der Waals surface area (Å²) in [6.45, 7) is 8.21. The number of nitrogens with one attached hydrogen (secondary N) is 1. The van der Waals surface area contributed by atoms with Crippen molar-refractivity contribution in [3.8, 4) is 0 Å². The molecular weight excluding hydrogens is 328 g/mol. The summed E-state index contributed by atoms with van der Waals surface area (Å²) in [6, 6.07) is 14.0. The van der Waals surface area contributed by atoms with Gasteiger partial charge in [-0.2, -0.15) is 12.6 Å². The predicted molar refractivity (Wildman–Crippen MR) is 112 cm³/mol. The monoisotopic (exact) mass is 358 g/mol. The van der Waals surface area contributed by atoms with Crippen LogP contribution in [0.25, 0.3) is 0 Å². The first-order valence-electron chi connectivity index (χ1n) is 8.75. The van der Waals surface area contributed by atoms with Gasteiger partial charge in [0.05, 0.1) is 0 Å². The smallest absolute Gasteiger partial charge is 0.255 e. The van der Waals surface area contributed by atoms with Crippen LogP contribution in [0.2, 0.25) is 0 Å². The van der Waals surface area contributed by atoms with Crippen molar-refractivity contribution in [3.05, 3.63) is 64.7 Å². The third kappa shape index (κ3) is 6.92. The van der Waals surface area contributed by atoms with Gasteiger partial charge in [0.25, 0.3) is 5.91 Å². The van der Waals surface area contributed by atoms with Crippen LogP contribution in [0.1, 0.15) is 47.3 Å². The van der Waals surface area contributed by atoms with Crippen LogP contribution in [-0.4, -0.2) is 17.7 Å². The van der Waals surface area contributed by atoms with Crippen LogP contribution in [0.3, 0.4) is 0 Å². The van der Waals surface area contributed by atoms with E-state index in [0.717, 1.165) is 29.8 Å². The summed E-state index contributed by atoms with van der Waals surface area (Å²) < 4.78 is 0. The highest BCUT2D eigenvalue weighted by Gasteiger charge is 2.08. The van der Waals surface area contributed by atoms with E-state index in [1.807, 2.05) is 56.3 Å². The molecule has 0 aromatic heterocycles. The number of nitrogens with two attached hydrogens (primary N) is 1. The highest BCUT2D eigenvalue weighted by Crippen LogP contribution is 2.19. The van der Waals surface area contributed by atoms with Crippen molar-refractivity contribution in [2.45, 2.75) is 46.6 Å². The van der Waals surface area contributed by atoms with Crippen LogP contribution < -0.4 is 11.1 Å². The van der Waals surface area contributed by atoms with Crippen LogP contribution >= 0.6 is 12.6 Å². The SMILES string of the molecule is CCC(N)CS.CCc1cccc(C(=O)Nc2cccc(C)c2C)c1. The molecule has 1 atom stereocenters. The lowest BCUT2D eigenvalue weighted by molar-refractivity contribution is 0.102. The summed E-state index contributed by atoms with van der Waals surface area (Å²) in [7, 11) is 0. The molecule has 2 aromatic carbocycles. The third-order valence-corrected chi connectivity index (χ3v) is 4.68. The Hall–Kier alpha value is -1.78. The first-order valence-corrected chi connectivity index (χ1v) is 9.39. The highest BCUT2D eigenvalue weighted by molar-refractivity contribution is 7.80. The molecule has 3 N–H and O–H groups in total. The molecule has 0 bridgehead atoms. The van der Waals surface area contributed by atoms with E-state index in [1.165, 1.54) is 11.1 Å². The Labute approximate surface area is 157 Å². The predicted octanol–water partition coefficient (Wildman–Crippen LogP) is 4.77. The summed E-state index contributed by atoms with van der Waals surface area (Å²) in [6.07, 6.45) is 1.97. The van der Waals surface area contributed by atoms with Crippen molar-refractivity contribution >= 4 is 24.2 Å². The summed E-state index contributed by atoms with van der Waals surface area (Å²) in [5.41, 5.74) is 10.5. The second-order valence-electron chi connectivity index (χ2n) is 6.11. The minimum atomic E-state index is -0.0519. The Bertz CT molecular complexity index is 681. The Morgan fingerprint density at radius 3 is 2.40 bits per heavy atom. The Morgan fingerprint density at radius 1 is 1.16 bits per heavy atom. The lowest BCUT2D eigenvalue weighted by Crippen LogP contribution is -2.19. The van der Waals surface area contributed by atoms with Gasteiger partial charge < -0.3 is 11.1 Å². The fourth-order valence-electron chi connectivity index (χ4n) is 2.14. The molecule has 2 rings (SSSR count). The van der Waals surface area contributed by atoms with Gasteiger partial charge >= 0.3 is 0 Å². The minimum absolute atomic E-state index is 0.0519. The fraction of sp³-hybridized carbons (Fsp3) is 0.381. The zero-order valence-electron chi connectivity index (χ0n) is 15.7. The van der Waals surface area contributed by atoms with Gasteiger partial charge in [0.1, 0.15) is 0 Å². The zero-order valence-corrected chi connectivity index (χ0v) is 16.6. The van der Waals surface area contributed by atoms with Crippen molar-refractivity contribution in [2.75, 3.05) is 11.1 Å². The van der Waals surface area contributed by atoms with Gasteiger partial charge in [-0.3, -0.25) is 4.79 Å². The number of aryl methyl sites for hydroxylation is 2. The molecular formula is C21H30N2OS. The average molecular weight is 359 g/mol. The Morgan fingerprint density at radius 2 is 1.84 bits per heavy atom. The number of hydrogen-bond acceptors (Lipinski definition) is 3. The molecule has 0 aliphatic heterocycles. The second kappa shape index (κ2) is 11.0. The summed E-state index contributed by atoms with van der Waals surface area (Å²) >= 11 is 3.97. The third-order valence-electron chi connectivity index (χ3n) is 4.21. The molecule has 0 spiro atoms. The maximum atomic E-state index is 12.2. The number of carbonyl (C=O) groups excluding carboxylic acids is 1. The molecule has 3 nitrogen and oxygen atoms in total. The maximum absolute atomic E-state index is 12.2. The summed E-state index contributed by atoms with van der Waals surface area (Å²) in [5.74, 6) is 0.750. The van der Waals surface area contributed by atoms with Crippen molar-refractivity contribution in [3.63, 3.8) is 0 Å². The largest absolute Gasteiger partial charge is 0.327 e. The molecule has 0 radical (unpaired) electrons. The normalized spacial score (nSPS) is 11.3. The molecule has 0 aliphatic carbocycles. The second-order valence-corrected chi connectivity index (χ2v) is 6.47. The number of hydrogen-bond donors (Lipinski definition) is 3. The quantitative estimate of drug-likeness (QED) is 0.674. The number of benzene rings is 2. The maximum Gasteiger partial charge on any atom is 0.255 e. The van der Waals surface area contributed by atoms with Crippen LogP contribution in [0.4, 0.5) is 5.69 Å². The van der Waals surface area contributed by atoms with Crippen LogP contribution in [0.5, 0.6) is 0 Å². The molecule has 0 heterocycles. The van der Waals surface area contributed by atoms with Crippen molar-refractivity contribution in [1.82, 2.24) is 0 Å². The van der Waals surface area contributed by atoms with E-state index < -0.39 is 0 Å². The molecule has 0 saturated heterocycles. The minimum Gasteiger partial charge on any atom is -0.327 e. The first-order chi connectivity index (χ1) is 11.9. The zero-order chi connectivity index (χ0) is 18.8. The standard InChI is InChI=1S/C17H19NO.C4H11NS/c1-4-14-8-6-9-15(11-14)17(19)18-16-10-5-7-12(2)13(16)3;1-2-4(5)3-6/h5-11H,4H2,1-3H3,(H,18,19);4,6H,2-3,5H2,1H3. The van der Waals surface area contributed by atoms with Gasteiger partial charge in [-0.1, -0.05) is 38.1 Å². The highest BCUT2D eigenvalue weighted by atomic mass is 32.1. The molecule has 0 fully saturated rings. The van der Waals surface area contributed by atoms with Gasteiger partial charge in [0, 0.05) is 23.0 Å². The first kappa shape index (κ1) is 21.3. The number of rotatable bonds is 5. The molecule has 136 valence electrons. The molecule has 0 saturated carbocycles. The van der Waals surface area contributed by atoms with Gasteiger partial charge in [0.15, 0.2) is 0 Å². The summed E-state index contributed by atoms with van der Waals surface area (Å²) in [5, 5.41) is 2.98. The lowest BCUT2D eigenvalue weighted by atomic mass is 10.1. The molecule has 1 amide bonds. The van der Waals surface area contributed by atoms with E-state index in [-0.39, 0.29) is 5.91 Å². The van der Waals surface area contributed by atoms with Gasteiger partial charge in [-0.25, -0.2) is 0 Å². The van der Waals surface area contributed by atoms with Crippen molar-refractivity contribution < 1.29 is 4.79 Å². The van der Waals surface area contributed by atoms with Crippen LogP contribution in [0, 0.1) is 13.8 Å². The van der Waals surface area contributed by atoms with Crippen LogP contribution in [0.15, 0.2) is 42.5 Å². The van der Waals surface area contributed by atoms with Crippen molar-refractivity contribution in [2.24, 2.45) is 5.73 Å². The topological polar surface area (TPSA) is 55.1 Å². The molecule has 1 unspecified atom stereocenters. The van der Waals surface area contributed by atoms with Gasteiger partial charge in [0.2, 0.25) is 0 Å². The Balaban J connectivity index is 0.000000450. The van der Waals surface area contributed by atoms with Gasteiger partial charge in [-0.05, 0) is 61.6 Å². The van der Waals surface area contributed by atoms with E-state index in [2.05, 4.69) is 31.8 Å². The molecule has 25 heavy (non-hydrogen) atoms. The van der Waals surface area contributed by atoms with Crippen LogP contribution in [-0.2, 0) is 6.42 Å². The molecule has 0 aliphatic rings. The number of thiol groups is 1. The van der Waals surface area contributed by atoms with Crippen molar-refractivity contribution in [1.29, 1.82) is 0 Å². The number of carbonyl (C=O) groups is 1. The van der Waals surface area contributed by atoms with E-state index in [0.29, 0.717) is 11.6 Å². The number of anilines is 1. The van der Waals surface area contributed by atoms with E-state index >= 15 is 0 Å². The van der Waals surface area contributed by atoms with Gasteiger partial charge in [-0.15, -0.1) is 0 Å². The summed E-state index contributed by atoms with van der Waals surface area (Å²) in [4.78, 5) is 12.2. The van der Waals surface area contributed by atoms with E-state index in [1.54, 1.807) is 0 Å². The van der Waals surface area contributed by atoms with E-state index in [9.17, 15) is 4.79 Å². The van der Waals surface area contributed by atoms with E-state index in [4.69, 9.17) is 5.73 Å². The molecule has 4 heteroatoms. The fourth-order valence-corrected chi connectivity index (χ4v) is 2.40. The molecule has 2 aromatic rings. The number of amides is 1. The lowest BCUT2D eigenvalue weighted by Gasteiger charge is -2.10.